The molecule has 1 fully saturated rings. The average molecular weight is 292 g/mol. The lowest BCUT2D eigenvalue weighted by Crippen LogP contribution is -2.66. The van der Waals surface area contributed by atoms with E-state index in [1.807, 2.05) is 37.3 Å². The van der Waals surface area contributed by atoms with E-state index in [0.29, 0.717) is 6.42 Å². The lowest BCUT2D eigenvalue weighted by Gasteiger charge is -2.44. The van der Waals surface area contributed by atoms with Gasteiger partial charge in [0.25, 0.3) is 0 Å². The molecule has 0 saturated carbocycles. The van der Waals surface area contributed by atoms with Crippen LogP contribution < -0.4 is 5.32 Å². The molecule has 2 amide bonds. The summed E-state index contributed by atoms with van der Waals surface area (Å²) >= 11 is 0. The number of halogens is 1. The lowest BCUT2D eigenvalue weighted by atomic mass is 9.89. The molecule has 1 aliphatic rings. The summed E-state index contributed by atoms with van der Waals surface area (Å²) in [6.45, 7) is 3.32. The predicted molar refractivity (Wildman–Crippen MR) is 78.3 cm³/mol. The van der Waals surface area contributed by atoms with Crippen LogP contribution in [-0.2, 0) is 9.59 Å². The number of hydrogen-bond acceptors (Lipinski definition) is 2. The maximum atomic E-state index is 12.7. The van der Waals surface area contributed by atoms with Gasteiger partial charge in [-0.05, 0) is 25.3 Å². The van der Waals surface area contributed by atoms with Gasteiger partial charge in [0.15, 0.2) is 0 Å². The van der Waals surface area contributed by atoms with Crippen LogP contribution in [0.25, 0.3) is 0 Å². The highest BCUT2D eigenvalue weighted by Gasteiger charge is 2.47. The van der Waals surface area contributed by atoms with Gasteiger partial charge in [0, 0.05) is 6.54 Å². The highest BCUT2D eigenvalue weighted by molar-refractivity contribution is 6.00. The summed E-state index contributed by atoms with van der Waals surface area (Å²) in [5.74, 6) is -0.351. The van der Waals surface area contributed by atoms with Crippen molar-refractivity contribution < 1.29 is 14.0 Å². The molecule has 5 heteroatoms. The van der Waals surface area contributed by atoms with Crippen LogP contribution in [0.4, 0.5) is 4.39 Å². The molecule has 1 aliphatic heterocycles. The number of nitrogens with zero attached hydrogens (tertiary/aromatic N) is 1. The first-order chi connectivity index (χ1) is 10.0. The van der Waals surface area contributed by atoms with Gasteiger partial charge in [-0.15, -0.1) is 0 Å². The predicted octanol–water partition coefficient (Wildman–Crippen LogP) is 2.21. The second kappa shape index (κ2) is 6.24. The molecule has 0 spiro atoms. The highest BCUT2D eigenvalue weighted by atomic mass is 19.1. The van der Waals surface area contributed by atoms with Crippen LogP contribution in [-0.4, -0.2) is 35.5 Å². The van der Waals surface area contributed by atoms with Gasteiger partial charge >= 0.3 is 0 Å². The molecule has 2 unspecified atom stereocenters. The molecule has 1 aromatic rings. The molecule has 0 radical (unpaired) electrons. The first kappa shape index (κ1) is 15.5. The van der Waals surface area contributed by atoms with E-state index < -0.39 is 18.3 Å². The van der Waals surface area contributed by atoms with Crippen LogP contribution in [0.15, 0.2) is 30.3 Å². The summed E-state index contributed by atoms with van der Waals surface area (Å²) in [7, 11) is 0. The van der Waals surface area contributed by atoms with Crippen molar-refractivity contribution in [3.8, 4) is 0 Å². The number of nitrogens with one attached hydrogen (secondary N) is 1. The number of alkyl halides is 1. The van der Waals surface area contributed by atoms with Crippen molar-refractivity contribution in [1.82, 2.24) is 10.2 Å². The smallest absolute Gasteiger partial charge is 0.248 e. The van der Waals surface area contributed by atoms with Crippen molar-refractivity contribution in [1.29, 1.82) is 0 Å². The fraction of sp³-hybridized carbons (Fsp3) is 0.500. The van der Waals surface area contributed by atoms with E-state index in [1.54, 1.807) is 6.92 Å². The number of carbonyl (C=O) groups is 2. The molecule has 21 heavy (non-hydrogen) atoms. The number of rotatable bonds is 5. The minimum absolute atomic E-state index is 0.146. The maximum Gasteiger partial charge on any atom is 0.248 e. The average Bonchev–Trinajstić information content (AvgIpc) is 2.50. The number of amides is 2. The SMILES string of the molecule is CCC1(C)NC(=O)C(c2ccccc2)N(CCCF)C1=O. The molecule has 0 aliphatic carbocycles. The van der Waals surface area contributed by atoms with Crippen molar-refractivity contribution in [3.05, 3.63) is 35.9 Å². The number of piperazine rings is 1. The summed E-state index contributed by atoms with van der Waals surface area (Å²) < 4.78 is 12.5. The van der Waals surface area contributed by atoms with E-state index in [2.05, 4.69) is 5.32 Å². The van der Waals surface area contributed by atoms with E-state index in [1.165, 1.54) is 4.90 Å². The van der Waals surface area contributed by atoms with Crippen molar-refractivity contribution in [2.45, 2.75) is 38.3 Å². The zero-order valence-corrected chi connectivity index (χ0v) is 12.4. The molecular weight excluding hydrogens is 271 g/mol. The minimum atomic E-state index is -0.904. The molecule has 4 nitrogen and oxygen atoms in total. The molecule has 1 heterocycles. The minimum Gasteiger partial charge on any atom is -0.340 e. The van der Waals surface area contributed by atoms with Gasteiger partial charge in [0.1, 0.15) is 11.6 Å². The molecule has 114 valence electrons. The van der Waals surface area contributed by atoms with E-state index in [9.17, 15) is 14.0 Å². The summed E-state index contributed by atoms with van der Waals surface area (Å²) in [6, 6.07) is 8.46. The molecule has 1 saturated heterocycles. The van der Waals surface area contributed by atoms with Crippen molar-refractivity contribution in [2.24, 2.45) is 0 Å². The van der Waals surface area contributed by atoms with Gasteiger partial charge < -0.3 is 10.2 Å². The second-order valence-corrected chi connectivity index (χ2v) is 5.53. The van der Waals surface area contributed by atoms with Crippen LogP contribution in [0.1, 0.15) is 38.3 Å². The fourth-order valence-electron chi connectivity index (χ4n) is 2.64. The van der Waals surface area contributed by atoms with Crippen molar-refractivity contribution in [3.63, 3.8) is 0 Å². The molecule has 0 bridgehead atoms. The van der Waals surface area contributed by atoms with Crippen molar-refractivity contribution >= 4 is 11.8 Å². The number of benzene rings is 1. The Balaban J connectivity index is 2.37. The van der Waals surface area contributed by atoms with E-state index >= 15 is 0 Å². The van der Waals surface area contributed by atoms with Crippen LogP contribution >= 0.6 is 0 Å². The van der Waals surface area contributed by atoms with E-state index in [0.717, 1.165) is 5.56 Å². The third-order valence-electron chi connectivity index (χ3n) is 4.05. The van der Waals surface area contributed by atoms with E-state index in [4.69, 9.17) is 0 Å². The molecule has 1 aromatic carbocycles. The van der Waals surface area contributed by atoms with Crippen LogP contribution in [0, 0.1) is 0 Å². The van der Waals surface area contributed by atoms with Gasteiger partial charge in [-0.25, -0.2) is 0 Å². The van der Waals surface area contributed by atoms with Gasteiger partial charge in [-0.3, -0.25) is 14.0 Å². The molecule has 1 N–H and O–H groups in total. The normalized spacial score (nSPS) is 25.9. The Morgan fingerprint density at radius 2 is 1.95 bits per heavy atom. The zero-order valence-electron chi connectivity index (χ0n) is 12.4. The standard InChI is InChI=1S/C16H21FN2O2/c1-3-16(2)15(21)19(11-7-10-17)13(14(20)18-16)12-8-5-4-6-9-12/h4-6,8-9,13H,3,7,10-11H2,1-2H3,(H,18,20). The largest absolute Gasteiger partial charge is 0.340 e. The van der Waals surface area contributed by atoms with Gasteiger partial charge in [0.2, 0.25) is 11.8 Å². The van der Waals surface area contributed by atoms with Crippen LogP contribution in [0.2, 0.25) is 0 Å². The molecule has 2 atom stereocenters. The maximum absolute atomic E-state index is 12.7. The lowest BCUT2D eigenvalue weighted by molar-refractivity contribution is -0.155. The topological polar surface area (TPSA) is 49.4 Å². The number of hydrogen-bond donors (Lipinski definition) is 1. The van der Waals surface area contributed by atoms with Crippen LogP contribution in [0.3, 0.4) is 0 Å². The fourth-order valence-corrected chi connectivity index (χ4v) is 2.64. The summed E-state index contributed by atoms with van der Waals surface area (Å²) in [5.41, 5.74) is -0.154. The Bertz CT molecular complexity index is 520. The Kier molecular flexibility index (Phi) is 4.60. The van der Waals surface area contributed by atoms with Gasteiger partial charge in [-0.1, -0.05) is 37.3 Å². The summed E-state index contributed by atoms with van der Waals surface area (Å²) in [4.78, 5) is 26.7. The van der Waals surface area contributed by atoms with Crippen LogP contribution in [0.5, 0.6) is 0 Å². The van der Waals surface area contributed by atoms with Gasteiger partial charge in [0.05, 0.1) is 6.67 Å². The summed E-state index contributed by atoms with van der Waals surface area (Å²) in [5, 5.41) is 2.82. The third-order valence-corrected chi connectivity index (χ3v) is 4.05. The molecule has 0 aromatic heterocycles. The first-order valence-electron chi connectivity index (χ1n) is 7.27. The monoisotopic (exact) mass is 292 g/mol. The van der Waals surface area contributed by atoms with Gasteiger partial charge in [-0.2, -0.15) is 0 Å². The van der Waals surface area contributed by atoms with Crippen molar-refractivity contribution in [2.75, 3.05) is 13.2 Å². The quantitative estimate of drug-likeness (QED) is 0.904. The Hall–Kier alpha value is -1.91. The Morgan fingerprint density at radius 3 is 2.52 bits per heavy atom. The zero-order chi connectivity index (χ0) is 15.5. The Labute approximate surface area is 124 Å². The molecule has 2 rings (SSSR count). The summed E-state index contributed by atoms with van der Waals surface area (Å²) in [6.07, 6.45) is 0.743. The second-order valence-electron chi connectivity index (χ2n) is 5.53. The third kappa shape index (κ3) is 2.91. The number of carbonyl (C=O) groups excluding carboxylic acids is 2. The highest BCUT2D eigenvalue weighted by Crippen LogP contribution is 2.30. The Morgan fingerprint density at radius 1 is 1.29 bits per heavy atom. The first-order valence-corrected chi connectivity index (χ1v) is 7.27. The van der Waals surface area contributed by atoms with E-state index in [-0.39, 0.29) is 24.8 Å². The molecular formula is C16H21FN2O2.